The number of nitrogens with zero attached hydrogens (tertiary/aromatic N) is 4. The predicted octanol–water partition coefficient (Wildman–Crippen LogP) is 2.55. The quantitative estimate of drug-likeness (QED) is 0.565. The third-order valence-corrected chi connectivity index (χ3v) is 7.56. The fourth-order valence-corrected chi connectivity index (χ4v) is 5.29. The van der Waals surface area contributed by atoms with Gasteiger partial charge in [0, 0.05) is 26.2 Å². The van der Waals surface area contributed by atoms with Crippen LogP contribution in [0.5, 0.6) is 0 Å². The molecule has 1 saturated heterocycles. The molecule has 0 amide bonds. The molecule has 1 aliphatic rings. The second kappa shape index (κ2) is 8.22. The fourth-order valence-electron chi connectivity index (χ4n) is 3.18. The largest absolute Gasteiger partial charge is 0.438 e. The minimum absolute atomic E-state index is 0.0724. The maximum absolute atomic E-state index is 12.9. The van der Waals surface area contributed by atoms with E-state index in [9.17, 15) is 26.4 Å². The van der Waals surface area contributed by atoms with Gasteiger partial charge in [0.25, 0.3) is 5.89 Å². The fraction of sp³-hybridized carbons (Fsp3) is 0.333. The Morgan fingerprint density at radius 2 is 1.84 bits per heavy atom. The second-order valence-corrected chi connectivity index (χ2v) is 9.72. The lowest BCUT2D eigenvalue weighted by Gasteiger charge is -2.33. The van der Waals surface area contributed by atoms with Crippen LogP contribution in [0.1, 0.15) is 5.56 Å². The maximum Gasteiger partial charge on any atom is 0.438 e. The summed E-state index contributed by atoms with van der Waals surface area (Å²) in [5, 5.41) is 5.99. The highest BCUT2D eigenvalue weighted by atomic mass is 32.2. The van der Waals surface area contributed by atoms with Crippen molar-refractivity contribution in [2.24, 2.45) is 0 Å². The van der Waals surface area contributed by atoms with Crippen molar-refractivity contribution in [3.8, 4) is 10.8 Å². The van der Waals surface area contributed by atoms with Crippen molar-refractivity contribution >= 4 is 21.4 Å². The molecule has 2 aromatic heterocycles. The van der Waals surface area contributed by atoms with Gasteiger partial charge in [0.1, 0.15) is 6.67 Å². The Morgan fingerprint density at radius 3 is 2.48 bits per heavy atom. The number of benzene rings is 1. The van der Waals surface area contributed by atoms with Crippen LogP contribution in [0.15, 0.2) is 55.9 Å². The van der Waals surface area contributed by atoms with Crippen molar-refractivity contribution in [1.29, 1.82) is 0 Å². The molecule has 13 heteroatoms. The summed E-state index contributed by atoms with van der Waals surface area (Å²) in [7, 11) is -4.07. The van der Waals surface area contributed by atoms with Crippen LogP contribution in [0, 0.1) is 0 Å². The van der Waals surface area contributed by atoms with Crippen molar-refractivity contribution in [2.45, 2.75) is 17.7 Å². The molecule has 0 N–H and O–H groups in total. The predicted molar refractivity (Wildman–Crippen MR) is 106 cm³/mol. The molecule has 0 unspecified atom stereocenters. The van der Waals surface area contributed by atoms with Gasteiger partial charge in [0.15, 0.2) is 0 Å². The number of aromatic nitrogens is 2. The summed E-state index contributed by atoms with van der Waals surface area (Å²) in [6.07, 6.45) is -4.63. The summed E-state index contributed by atoms with van der Waals surface area (Å²) >= 11 is 1.38. The number of alkyl halides is 3. The van der Waals surface area contributed by atoms with Crippen LogP contribution in [0.3, 0.4) is 0 Å². The van der Waals surface area contributed by atoms with Crippen LogP contribution in [-0.2, 0) is 22.9 Å². The number of thiophene rings is 1. The minimum atomic E-state index is -4.63. The molecular formula is C18H17F3N4O4S2. The van der Waals surface area contributed by atoms with Crippen LogP contribution < -0.4 is 5.76 Å². The van der Waals surface area contributed by atoms with Gasteiger partial charge in [-0.25, -0.2) is 13.2 Å². The molecule has 0 atom stereocenters. The van der Waals surface area contributed by atoms with E-state index in [1.54, 1.807) is 6.07 Å². The molecular weight excluding hydrogens is 457 g/mol. The third-order valence-electron chi connectivity index (χ3n) is 4.80. The highest BCUT2D eigenvalue weighted by molar-refractivity contribution is 7.89. The van der Waals surface area contributed by atoms with E-state index >= 15 is 0 Å². The number of hydrogen-bond donors (Lipinski definition) is 0. The number of sulfonamides is 1. The topological polar surface area (TPSA) is 88.7 Å². The summed E-state index contributed by atoms with van der Waals surface area (Å²) in [6.45, 7) is 0.828. The van der Waals surface area contributed by atoms with E-state index in [0.717, 1.165) is 27.2 Å². The van der Waals surface area contributed by atoms with Crippen LogP contribution in [0.25, 0.3) is 10.8 Å². The van der Waals surface area contributed by atoms with E-state index in [4.69, 9.17) is 4.42 Å². The molecule has 3 heterocycles. The molecule has 1 aromatic carbocycles. The summed E-state index contributed by atoms with van der Waals surface area (Å²) in [6, 6.07) is 7.28. The van der Waals surface area contributed by atoms with Crippen molar-refractivity contribution in [1.82, 2.24) is 19.0 Å². The Morgan fingerprint density at radius 1 is 1.10 bits per heavy atom. The summed E-state index contributed by atoms with van der Waals surface area (Å²) in [4.78, 5) is 14.2. The zero-order valence-corrected chi connectivity index (χ0v) is 17.6. The number of rotatable bonds is 5. The van der Waals surface area contributed by atoms with Crippen molar-refractivity contribution in [3.63, 3.8) is 0 Å². The number of piperazine rings is 1. The normalized spacial score (nSPS) is 16.6. The molecule has 0 aliphatic carbocycles. The highest BCUT2D eigenvalue weighted by Crippen LogP contribution is 2.31. The highest BCUT2D eigenvalue weighted by Gasteiger charge is 2.34. The van der Waals surface area contributed by atoms with Crippen LogP contribution >= 0.6 is 11.3 Å². The average Bonchev–Trinajstić information content (AvgIpc) is 3.38. The summed E-state index contributed by atoms with van der Waals surface area (Å²) in [5.74, 6) is -0.409. The number of halogens is 3. The van der Waals surface area contributed by atoms with Gasteiger partial charge in [0.2, 0.25) is 10.0 Å². The lowest BCUT2D eigenvalue weighted by Crippen LogP contribution is -2.49. The summed E-state index contributed by atoms with van der Waals surface area (Å²) < 4.78 is 71.8. The molecule has 166 valence electrons. The molecule has 1 fully saturated rings. The van der Waals surface area contributed by atoms with Gasteiger partial charge in [-0.2, -0.15) is 22.2 Å². The first-order chi connectivity index (χ1) is 14.6. The van der Waals surface area contributed by atoms with E-state index < -0.39 is 32.4 Å². The molecule has 8 nitrogen and oxygen atoms in total. The van der Waals surface area contributed by atoms with Gasteiger partial charge in [-0.1, -0.05) is 12.1 Å². The number of hydrogen-bond acceptors (Lipinski definition) is 7. The third kappa shape index (κ3) is 4.59. The lowest BCUT2D eigenvalue weighted by atomic mass is 10.2. The van der Waals surface area contributed by atoms with E-state index in [1.807, 2.05) is 16.3 Å². The van der Waals surface area contributed by atoms with Crippen LogP contribution in [0.2, 0.25) is 0 Å². The van der Waals surface area contributed by atoms with E-state index in [0.29, 0.717) is 10.9 Å². The molecule has 1 aliphatic heterocycles. The summed E-state index contributed by atoms with van der Waals surface area (Å²) in [5.41, 5.74) is -1.01. The molecule has 0 bridgehead atoms. The SMILES string of the molecule is O=c1oc(-c2cccs2)nn1CN1CCN(S(=O)(=O)c2cccc(C(F)(F)F)c2)CC1. The van der Waals surface area contributed by atoms with Crippen LogP contribution in [-0.4, -0.2) is 53.6 Å². The monoisotopic (exact) mass is 474 g/mol. The van der Waals surface area contributed by atoms with Crippen molar-refractivity contribution < 1.29 is 26.0 Å². The Labute approximate surface area is 179 Å². The van der Waals surface area contributed by atoms with Gasteiger partial charge in [-0.15, -0.1) is 16.4 Å². The Kier molecular flexibility index (Phi) is 5.77. The van der Waals surface area contributed by atoms with Gasteiger partial charge in [-0.05, 0) is 29.6 Å². The van der Waals surface area contributed by atoms with Crippen LogP contribution in [0.4, 0.5) is 13.2 Å². The first kappa shape index (κ1) is 21.7. The van der Waals surface area contributed by atoms with Gasteiger partial charge in [0.05, 0.1) is 15.3 Å². The lowest BCUT2D eigenvalue weighted by molar-refractivity contribution is -0.137. The second-order valence-electron chi connectivity index (χ2n) is 6.84. The standard InChI is InChI=1S/C18H17F3N4O4S2/c19-18(20,21)13-3-1-4-14(11-13)31(27,28)24-8-6-23(7-9-24)12-25-17(26)29-16(22-25)15-5-2-10-30-15/h1-5,10-11H,6-9,12H2. The maximum atomic E-state index is 12.9. The molecule has 4 rings (SSSR count). The van der Waals surface area contributed by atoms with E-state index in [-0.39, 0.29) is 38.7 Å². The Balaban J connectivity index is 1.43. The zero-order valence-electron chi connectivity index (χ0n) is 15.9. The van der Waals surface area contributed by atoms with Gasteiger partial charge < -0.3 is 4.42 Å². The molecule has 0 spiro atoms. The minimum Gasteiger partial charge on any atom is -0.387 e. The molecule has 31 heavy (non-hydrogen) atoms. The van der Waals surface area contributed by atoms with E-state index in [1.165, 1.54) is 11.3 Å². The Bertz CT molecular complexity index is 1210. The van der Waals surface area contributed by atoms with Gasteiger partial charge in [-0.3, -0.25) is 4.90 Å². The zero-order chi connectivity index (χ0) is 22.2. The van der Waals surface area contributed by atoms with Crippen molar-refractivity contribution in [3.05, 3.63) is 57.9 Å². The molecule has 0 radical (unpaired) electrons. The van der Waals surface area contributed by atoms with Crippen molar-refractivity contribution in [2.75, 3.05) is 26.2 Å². The molecule has 0 saturated carbocycles. The van der Waals surface area contributed by atoms with E-state index in [2.05, 4.69) is 5.10 Å². The first-order valence-corrected chi connectivity index (χ1v) is 11.5. The Hall–Kier alpha value is -2.48. The average molecular weight is 474 g/mol. The van der Waals surface area contributed by atoms with Gasteiger partial charge >= 0.3 is 11.9 Å². The molecule has 3 aromatic rings. The smallest absolute Gasteiger partial charge is 0.387 e. The first-order valence-electron chi connectivity index (χ1n) is 9.16.